The molecule has 1 aromatic rings. The Hall–Kier alpha value is -1.02. The van der Waals surface area contributed by atoms with Gasteiger partial charge in [0.25, 0.3) is 0 Å². The summed E-state index contributed by atoms with van der Waals surface area (Å²) in [5, 5.41) is 2.75. The number of halogens is 3. The first kappa shape index (κ1) is 18.3. The van der Waals surface area contributed by atoms with Crippen LogP contribution in [-0.4, -0.2) is 41.5 Å². The van der Waals surface area contributed by atoms with Crippen molar-refractivity contribution in [2.45, 2.75) is 23.2 Å². The highest BCUT2D eigenvalue weighted by Crippen LogP contribution is 2.37. The zero-order chi connectivity index (χ0) is 16.9. The second kappa shape index (κ2) is 8.19. The van der Waals surface area contributed by atoms with Crippen LogP contribution in [0.1, 0.15) is 12.8 Å². The summed E-state index contributed by atoms with van der Waals surface area (Å²) < 4.78 is 36.8. The average Bonchev–Trinajstić information content (AvgIpc) is 2.48. The largest absolute Gasteiger partial charge is 0.446 e. The van der Waals surface area contributed by atoms with Crippen LogP contribution >= 0.6 is 23.5 Å². The molecule has 1 atom stereocenters. The van der Waals surface area contributed by atoms with Gasteiger partial charge in [0.2, 0.25) is 0 Å². The van der Waals surface area contributed by atoms with Gasteiger partial charge in [-0.25, -0.2) is 4.79 Å². The Morgan fingerprint density at radius 3 is 2.65 bits per heavy atom. The molecule has 1 aliphatic heterocycles. The number of benzene rings is 1. The summed E-state index contributed by atoms with van der Waals surface area (Å²) in [6.07, 6.45) is 4.17. The maximum Gasteiger partial charge on any atom is 0.446 e. The molecule has 1 unspecified atom stereocenters. The Morgan fingerprint density at radius 1 is 1.35 bits per heavy atom. The Labute approximate surface area is 142 Å². The van der Waals surface area contributed by atoms with Crippen molar-refractivity contribution in [2.75, 3.05) is 30.4 Å². The van der Waals surface area contributed by atoms with E-state index in [2.05, 4.69) is 11.6 Å². The molecule has 3 nitrogen and oxygen atoms in total. The smallest absolute Gasteiger partial charge is 0.324 e. The predicted molar refractivity (Wildman–Crippen MR) is 90.1 cm³/mol. The molecule has 1 fully saturated rings. The van der Waals surface area contributed by atoms with Crippen LogP contribution in [0.3, 0.4) is 0 Å². The number of amides is 2. The average molecular weight is 364 g/mol. The monoisotopic (exact) mass is 364 g/mol. The normalized spacial score (nSPS) is 18.8. The number of nitrogens with one attached hydrogen (secondary N) is 1. The first-order chi connectivity index (χ1) is 10.9. The molecule has 1 heterocycles. The van der Waals surface area contributed by atoms with Gasteiger partial charge in [-0.2, -0.15) is 24.9 Å². The molecular formula is C15H19F3N2OS2. The zero-order valence-corrected chi connectivity index (χ0v) is 14.4. The van der Waals surface area contributed by atoms with Crippen LogP contribution in [0.4, 0.5) is 23.7 Å². The fourth-order valence-corrected chi connectivity index (χ4v) is 3.85. The maximum atomic E-state index is 12.3. The van der Waals surface area contributed by atoms with E-state index in [1.807, 2.05) is 0 Å². The lowest BCUT2D eigenvalue weighted by Crippen LogP contribution is -2.42. The van der Waals surface area contributed by atoms with Crippen molar-refractivity contribution in [3.8, 4) is 0 Å². The molecule has 23 heavy (non-hydrogen) atoms. The summed E-state index contributed by atoms with van der Waals surface area (Å²) in [6.45, 7) is 1.45. The van der Waals surface area contributed by atoms with E-state index < -0.39 is 5.51 Å². The highest BCUT2D eigenvalue weighted by molar-refractivity contribution is 8.00. The molecule has 2 amide bonds. The van der Waals surface area contributed by atoms with Crippen LogP contribution < -0.4 is 5.32 Å². The molecule has 8 heteroatoms. The van der Waals surface area contributed by atoms with Gasteiger partial charge in [-0.15, -0.1) is 0 Å². The fraction of sp³-hybridized carbons (Fsp3) is 0.533. The van der Waals surface area contributed by atoms with Gasteiger partial charge >= 0.3 is 11.5 Å². The number of rotatable bonds is 4. The minimum Gasteiger partial charge on any atom is -0.324 e. The molecule has 1 aliphatic rings. The van der Waals surface area contributed by atoms with E-state index in [4.69, 9.17) is 0 Å². The number of hydrogen-bond acceptors (Lipinski definition) is 3. The number of nitrogens with zero attached hydrogens (tertiary/aromatic N) is 1. The Kier molecular flexibility index (Phi) is 6.52. The van der Waals surface area contributed by atoms with Crippen LogP contribution in [0, 0.1) is 5.92 Å². The van der Waals surface area contributed by atoms with Crippen molar-refractivity contribution in [3.63, 3.8) is 0 Å². The predicted octanol–water partition coefficient (Wildman–Crippen LogP) is 4.91. The standard InChI is InChI=1S/C15H19F3N2OS2/c1-22-10-11-3-2-8-20(9-11)14(21)19-12-4-6-13(7-5-12)23-15(16,17)18/h4-7,11H,2-3,8-10H2,1H3,(H,19,21). The minimum atomic E-state index is -4.30. The first-order valence-electron chi connectivity index (χ1n) is 7.28. The van der Waals surface area contributed by atoms with Crippen molar-refractivity contribution in [3.05, 3.63) is 24.3 Å². The molecule has 128 valence electrons. The zero-order valence-electron chi connectivity index (χ0n) is 12.7. The summed E-state index contributed by atoms with van der Waals surface area (Å²) in [4.78, 5) is 14.1. The SMILES string of the molecule is CSCC1CCCN(C(=O)Nc2ccc(SC(F)(F)F)cc2)C1. The van der Waals surface area contributed by atoms with Crippen LogP contribution in [-0.2, 0) is 0 Å². The van der Waals surface area contributed by atoms with E-state index in [0.29, 0.717) is 11.6 Å². The summed E-state index contributed by atoms with van der Waals surface area (Å²) in [5.74, 6) is 1.54. The fourth-order valence-electron chi connectivity index (χ4n) is 2.56. The molecule has 0 aliphatic carbocycles. The van der Waals surface area contributed by atoms with Crippen molar-refractivity contribution in [2.24, 2.45) is 5.92 Å². The van der Waals surface area contributed by atoms with Gasteiger partial charge in [-0.3, -0.25) is 0 Å². The van der Waals surface area contributed by atoms with Crippen molar-refractivity contribution < 1.29 is 18.0 Å². The van der Waals surface area contributed by atoms with E-state index in [-0.39, 0.29) is 22.7 Å². The van der Waals surface area contributed by atoms with E-state index >= 15 is 0 Å². The molecule has 1 saturated heterocycles. The summed E-state index contributed by atoms with van der Waals surface area (Å²) in [7, 11) is 0. The molecule has 1 aromatic carbocycles. The van der Waals surface area contributed by atoms with Crippen LogP contribution in [0.2, 0.25) is 0 Å². The van der Waals surface area contributed by atoms with Crippen molar-refractivity contribution in [1.82, 2.24) is 4.90 Å². The number of urea groups is 1. The molecule has 0 saturated carbocycles. The topological polar surface area (TPSA) is 32.3 Å². The highest BCUT2D eigenvalue weighted by Gasteiger charge is 2.29. The van der Waals surface area contributed by atoms with Gasteiger partial charge in [0.05, 0.1) is 0 Å². The third-order valence-electron chi connectivity index (χ3n) is 3.55. The van der Waals surface area contributed by atoms with E-state index in [0.717, 1.165) is 31.7 Å². The number of likely N-dealkylation sites (tertiary alicyclic amines) is 1. The number of hydrogen-bond donors (Lipinski definition) is 1. The number of anilines is 1. The number of thioether (sulfide) groups is 2. The number of piperidine rings is 1. The summed E-state index contributed by atoms with van der Waals surface area (Å²) in [5.41, 5.74) is -3.79. The Morgan fingerprint density at radius 2 is 2.04 bits per heavy atom. The summed E-state index contributed by atoms with van der Waals surface area (Å²) in [6, 6.07) is 5.53. The van der Waals surface area contributed by atoms with E-state index in [1.165, 1.54) is 24.3 Å². The van der Waals surface area contributed by atoms with Gasteiger partial charge in [-0.05, 0) is 66.8 Å². The molecule has 1 N–H and O–H groups in total. The van der Waals surface area contributed by atoms with E-state index in [9.17, 15) is 18.0 Å². The molecular weight excluding hydrogens is 345 g/mol. The number of alkyl halides is 3. The van der Waals surface area contributed by atoms with Gasteiger partial charge in [0, 0.05) is 23.7 Å². The Balaban J connectivity index is 1.89. The molecule has 0 aromatic heterocycles. The lowest BCUT2D eigenvalue weighted by atomic mass is 10.0. The van der Waals surface area contributed by atoms with Crippen LogP contribution in [0.25, 0.3) is 0 Å². The second-order valence-corrected chi connectivity index (χ2v) is 7.46. The summed E-state index contributed by atoms with van der Waals surface area (Å²) >= 11 is 1.62. The lowest BCUT2D eigenvalue weighted by Gasteiger charge is -2.32. The van der Waals surface area contributed by atoms with Crippen molar-refractivity contribution in [1.29, 1.82) is 0 Å². The lowest BCUT2D eigenvalue weighted by molar-refractivity contribution is -0.0328. The van der Waals surface area contributed by atoms with Gasteiger partial charge in [-0.1, -0.05) is 0 Å². The highest BCUT2D eigenvalue weighted by atomic mass is 32.2. The first-order valence-corrected chi connectivity index (χ1v) is 9.49. The van der Waals surface area contributed by atoms with Crippen LogP contribution in [0.15, 0.2) is 29.2 Å². The van der Waals surface area contributed by atoms with Gasteiger partial charge < -0.3 is 10.2 Å². The van der Waals surface area contributed by atoms with Gasteiger partial charge in [0.15, 0.2) is 0 Å². The molecule has 2 rings (SSSR count). The third kappa shape index (κ3) is 6.18. The number of carbonyl (C=O) groups is 1. The minimum absolute atomic E-state index is 0.105. The second-order valence-electron chi connectivity index (χ2n) is 5.41. The van der Waals surface area contributed by atoms with Crippen LogP contribution in [0.5, 0.6) is 0 Å². The molecule has 0 bridgehead atoms. The number of carbonyl (C=O) groups excluding carboxylic acids is 1. The third-order valence-corrected chi connectivity index (χ3v) is 5.09. The molecule has 0 radical (unpaired) electrons. The van der Waals surface area contributed by atoms with Gasteiger partial charge in [0.1, 0.15) is 0 Å². The maximum absolute atomic E-state index is 12.3. The molecule has 0 spiro atoms. The van der Waals surface area contributed by atoms with E-state index in [1.54, 1.807) is 16.7 Å². The quantitative estimate of drug-likeness (QED) is 0.771. The van der Waals surface area contributed by atoms with Crippen molar-refractivity contribution >= 4 is 35.2 Å². The Bertz CT molecular complexity index is 520.